The van der Waals surface area contributed by atoms with Gasteiger partial charge < -0.3 is 5.73 Å². The van der Waals surface area contributed by atoms with Gasteiger partial charge in [-0.05, 0) is 50.1 Å². The molecule has 0 saturated carbocycles. The second-order valence-electron chi connectivity index (χ2n) is 7.06. The zero-order chi connectivity index (χ0) is 13.6. The lowest BCUT2D eigenvalue weighted by molar-refractivity contribution is 0.176. The SMILES string of the molecule is CCCCC(CN)N1CCCC(C(C)(C)C)CC1. The molecular weight excluding hydrogens is 220 g/mol. The van der Waals surface area contributed by atoms with Gasteiger partial charge in [-0.2, -0.15) is 0 Å². The highest BCUT2D eigenvalue weighted by Gasteiger charge is 2.28. The molecule has 0 radical (unpaired) electrons. The molecule has 1 aliphatic heterocycles. The first kappa shape index (κ1) is 16.0. The molecule has 1 heterocycles. The number of nitrogens with zero attached hydrogens (tertiary/aromatic N) is 1. The summed E-state index contributed by atoms with van der Waals surface area (Å²) >= 11 is 0. The Bertz CT molecular complexity index is 220. The molecule has 2 N–H and O–H groups in total. The van der Waals surface area contributed by atoms with Crippen molar-refractivity contribution in [3.05, 3.63) is 0 Å². The molecule has 0 aromatic carbocycles. The van der Waals surface area contributed by atoms with Gasteiger partial charge in [-0.15, -0.1) is 0 Å². The van der Waals surface area contributed by atoms with Crippen LogP contribution in [0.15, 0.2) is 0 Å². The first-order valence-electron chi connectivity index (χ1n) is 7.93. The average Bonchev–Trinajstić information content (AvgIpc) is 2.55. The Morgan fingerprint density at radius 3 is 2.50 bits per heavy atom. The Kier molecular flexibility index (Phi) is 6.65. The van der Waals surface area contributed by atoms with Gasteiger partial charge in [0, 0.05) is 12.6 Å². The topological polar surface area (TPSA) is 29.3 Å². The maximum absolute atomic E-state index is 5.97. The van der Waals surface area contributed by atoms with Crippen molar-refractivity contribution in [2.45, 2.75) is 72.3 Å². The number of hydrogen-bond acceptors (Lipinski definition) is 2. The van der Waals surface area contributed by atoms with Crippen LogP contribution < -0.4 is 5.73 Å². The van der Waals surface area contributed by atoms with Crippen molar-refractivity contribution in [1.29, 1.82) is 0 Å². The fourth-order valence-electron chi connectivity index (χ4n) is 3.24. The fourth-order valence-corrected chi connectivity index (χ4v) is 3.24. The molecule has 0 amide bonds. The van der Waals surface area contributed by atoms with E-state index in [1.54, 1.807) is 0 Å². The molecule has 0 aromatic rings. The third-order valence-electron chi connectivity index (χ3n) is 4.67. The number of unbranched alkanes of at least 4 members (excludes halogenated alkanes) is 1. The predicted octanol–water partition coefficient (Wildman–Crippen LogP) is 3.65. The van der Waals surface area contributed by atoms with E-state index in [2.05, 4.69) is 32.6 Å². The van der Waals surface area contributed by atoms with Gasteiger partial charge in [-0.1, -0.05) is 40.5 Å². The Morgan fingerprint density at radius 1 is 1.22 bits per heavy atom. The van der Waals surface area contributed by atoms with E-state index in [4.69, 9.17) is 5.73 Å². The standard InChI is InChI=1S/C16H34N2/c1-5-6-9-15(13-17)18-11-7-8-14(10-12-18)16(2,3)4/h14-15H,5-13,17H2,1-4H3. The van der Waals surface area contributed by atoms with E-state index < -0.39 is 0 Å². The molecule has 1 fully saturated rings. The molecule has 0 spiro atoms. The van der Waals surface area contributed by atoms with Crippen LogP contribution in [0.5, 0.6) is 0 Å². The van der Waals surface area contributed by atoms with Crippen LogP contribution in [0.3, 0.4) is 0 Å². The first-order chi connectivity index (χ1) is 8.49. The third kappa shape index (κ3) is 4.89. The van der Waals surface area contributed by atoms with Gasteiger partial charge in [-0.25, -0.2) is 0 Å². The number of hydrogen-bond donors (Lipinski definition) is 1. The molecule has 108 valence electrons. The molecule has 2 atom stereocenters. The van der Waals surface area contributed by atoms with Crippen molar-refractivity contribution in [3.8, 4) is 0 Å². The van der Waals surface area contributed by atoms with Crippen LogP contribution in [0.1, 0.15) is 66.2 Å². The van der Waals surface area contributed by atoms with Gasteiger partial charge in [0.1, 0.15) is 0 Å². The highest BCUT2D eigenvalue weighted by molar-refractivity contribution is 4.82. The zero-order valence-electron chi connectivity index (χ0n) is 13.0. The van der Waals surface area contributed by atoms with E-state index >= 15 is 0 Å². The quantitative estimate of drug-likeness (QED) is 0.811. The minimum absolute atomic E-state index is 0.470. The minimum Gasteiger partial charge on any atom is -0.329 e. The fraction of sp³-hybridized carbons (Fsp3) is 1.00. The van der Waals surface area contributed by atoms with Crippen LogP contribution in [0.25, 0.3) is 0 Å². The van der Waals surface area contributed by atoms with E-state index in [1.807, 2.05) is 0 Å². The summed E-state index contributed by atoms with van der Waals surface area (Å²) in [7, 11) is 0. The second kappa shape index (κ2) is 7.49. The van der Waals surface area contributed by atoms with Crippen molar-refractivity contribution in [1.82, 2.24) is 4.90 Å². The van der Waals surface area contributed by atoms with E-state index in [0.29, 0.717) is 11.5 Å². The summed E-state index contributed by atoms with van der Waals surface area (Å²) in [6, 6.07) is 0.628. The molecule has 0 bridgehead atoms. The summed E-state index contributed by atoms with van der Waals surface area (Å²) in [5, 5.41) is 0. The molecular formula is C16H34N2. The smallest absolute Gasteiger partial charge is 0.0218 e. The summed E-state index contributed by atoms with van der Waals surface area (Å²) in [4.78, 5) is 2.67. The molecule has 18 heavy (non-hydrogen) atoms. The normalized spacial score (nSPS) is 24.8. The molecule has 1 aliphatic rings. The molecule has 2 unspecified atom stereocenters. The molecule has 2 heteroatoms. The molecule has 1 rings (SSSR count). The van der Waals surface area contributed by atoms with E-state index in [9.17, 15) is 0 Å². The van der Waals surface area contributed by atoms with E-state index in [-0.39, 0.29) is 0 Å². The second-order valence-corrected chi connectivity index (χ2v) is 7.06. The van der Waals surface area contributed by atoms with Gasteiger partial charge in [0.2, 0.25) is 0 Å². The van der Waals surface area contributed by atoms with Crippen LogP contribution in [-0.2, 0) is 0 Å². The summed E-state index contributed by atoms with van der Waals surface area (Å²) in [6.07, 6.45) is 7.99. The van der Waals surface area contributed by atoms with Crippen molar-refractivity contribution in [2.75, 3.05) is 19.6 Å². The molecule has 1 saturated heterocycles. The summed E-state index contributed by atoms with van der Waals surface area (Å²) in [5.41, 5.74) is 6.44. The monoisotopic (exact) mass is 254 g/mol. The largest absolute Gasteiger partial charge is 0.329 e. The Morgan fingerprint density at radius 2 is 1.94 bits per heavy atom. The van der Waals surface area contributed by atoms with Crippen molar-refractivity contribution >= 4 is 0 Å². The maximum atomic E-state index is 5.97. The van der Waals surface area contributed by atoms with Gasteiger partial charge in [-0.3, -0.25) is 4.90 Å². The van der Waals surface area contributed by atoms with Gasteiger partial charge in [0.05, 0.1) is 0 Å². The van der Waals surface area contributed by atoms with Crippen LogP contribution >= 0.6 is 0 Å². The lowest BCUT2D eigenvalue weighted by atomic mass is 9.77. The summed E-state index contributed by atoms with van der Waals surface area (Å²) in [6.45, 7) is 12.8. The average molecular weight is 254 g/mol. The van der Waals surface area contributed by atoms with E-state index in [1.165, 1.54) is 51.6 Å². The van der Waals surface area contributed by atoms with Crippen molar-refractivity contribution in [3.63, 3.8) is 0 Å². The minimum atomic E-state index is 0.470. The Labute approximate surface area is 114 Å². The molecule has 0 aromatic heterocycles. The number of likely N-dealkylation sites (tertiary alicyclic amines) is 1. The van der Waals surface area contributed by atoms with Crippen LogP contribution in [0.4, 0.5) is 0 Å². The first-order valence-corrected chi connectivity index (χ1v) is 7.93. The third-order valence-corrected chi connectivity index (χ3v) is 4.67. The Hall–Kier alpha value is -0.0800. The highest BCUT2D eigenvalue weighted by Crippen LogP contribution is 2.34. The van der Waals surface area contributed by atoms with Crippen LogP contribution in [0, 0.1) is 11.3 Å². The van der Waals surface area contributed by atoms with Gasteiger partial charge in [0.25, 0.3) is 0 Å². The molecule has 0 aliphatic carbocycles. The summed E-state index contributed by atoms with van der Waals surface area (Å²) < 4.78 is 0. The maximum Gasteiger partial charge on any atom is 0.0218 e. The zero-order valence-corrected chi connectivity index (χ0v) is 13.0. The van der Waals surface area contributed by atoms with Gasteiger partial charge >= 0.3 is 0 Å². The highest BCUT2D eigenvalue weighted by atomic mass is 15.2. The number of rotatable bonds is 5. The Balaban J connectivity index is 2.49. The van der Waals surface area contributed by atoms with Gasteiger partial charge in [0.15, 0.2) is 0 Å². The molecule has 2 nitrogen and oxygen atoms in total. The predicted molar refractivity (Wildman–Crippen MR) is 80.7 cm³/mol. The van der Waals surface area contributed by atoms with E-state index in [0.717, 1.165) is 12.5 Å². The summed E-state index contributed by atoms with van der Waals surface area (Å²) in [5.74, 6) is 0.882. The van der Waals surface area contributed by atoms with Crippen LogP contribution in [-0.4, -0.2) is 30.6 Å². The number of nitrogens with two attached hydrogens (primary N) is 1. The van der Waals surface area contributed by atoms with Crippen LogP contribution in [0.2, 0.25) is 0 Å². The lowest BCUT2D eigenvalue weighted by Gasteiger charge is -2.32. The van der Waals surface area contributed by atoms with Crippen molar-refractivity contribution in [2.24, 2.45) is 17.1 Å². The van der Waals surface area contributed by atoms with Crippen molar-refractivity contribution < 1.29 is 0 Å². The lowest BCUT2D eigenvalue weighted by Crippen LogP contribution is -2.41.